The predicted octanol–water partition coefficient (Wildman–Crippen LogP) is 2.94. The van der Waals surface area contributed by atoms with E-state index in [4.69, 9.17) is 9.47 Å². The van der Waals surface area contributed by atoms with E-state index < -0.39 is 0 Å². The van der Waals surface area contributed by atoms with E-state index in [-0.39, 0.29) is 11.7 Å². The molecule has 2 aromatic rings. The number of fused-ring (bicyclic) bond motifs is 1. The van der Waals surface area contributed by atoms with Crippen LogP contribution in [-0.4, -0.2) is 32.5 Å². The van der Waals surface area contributed by atoms with Gasteiger partial charge in [-0.2, -0.15) is 0 Å². The standard InChI is InChI=1S/C18H17NO4/c1-22-12-7-8-15-14(11-12)16(20)9-10-19(15)18(21)13-5-3-4-6-17(13)23-2/h3-8,11H,9-10H2,1-2H3. The molecule has 0 aromatic heterocycles. The molecule has 0 fully saturated rings. The second-order valence-electron chi connectivity index (χ2n) is 5.21. The Hall–Kier alpha value is -2.82. The summed E-state index contributed by atoms with van der Waals surface area (Å²) in [6.45, 7) is 0.356. The van der Waals surface area contributed by atoms with Crippen LogP contribution in [0.3, 0.4) is 0 Å². The van der Waals surface area contributed by atoms with Crippen molar-refractivity contribution in [1.29, 1.82) is 0 Å². The van der Waals surface area contributed by atoms with Crippen LogP contribution in [0.2, 0.25) is 0 Å². The van der Waals surface area contributed by atoms with E-state index in [1.807, 2.05) is 6.07 Å². The van der Waals surface area contributed by atoms with Crippen LogP contribution in [0, 0.1) is 0 Å². The molecule has 0 bridgehead atoms. The fourth-order valence-electron chi connectivity index (χ4n) is 2.75. The monoisotopic (exact) mass is 311 g/mol. The Morgan fingerprint density at radius 1 is 1.09 bits per heavy atom. The zero-order valence-corrected chi connectivity index (χ0v) is 13.0. The highest BCUT2D eigenvalue weighted by Crippen LogP contribution is 2.32. The molecule has 5 heteroatoms. The minimum Gasteiger partial charge on any atom is -0.497 e. The molecule has 1 heterocycles. The van der Waals surface area contributed by atoms with Crippen LogP contribution in [0.4, 0.5) is 5.69 Å². The Bertz CT molecular complexity index is 769. The first-order valence-corrected chi connectivity index (χ1v) is 7.32. The van der Waals surface area contributed by atoms with Gasteiger partial charge in [0.05, 0.1) is 25.5 Å². The largest absolute Gasteiger partial charge is 0.497 e. The van der Waals surface area contributed by atoms with Gasteiger partial charge in [-0.15, -0.1) is 0 Å². The number of rotatable bonds is 3. The summed E-state index contributed by atoms with van der Waals surface area (Å²) < 4.78 is 10.4. The fourth-order valence-corrected chi connectivity index (χ4v) is 2.75. The van der Waals surface area contributed by atoms with Crippen molar-refractivity contribution in [3.8, 4) is 11.5 Å². The SMILES string of the molecule is COc1ccc2c(c1)C(=O)CCN2C(=O)c1ccccc1OC. The first kappa shape index (κ1) is 15.1. The summed E-state index contributed by atoms with van der Waals surface area (Å²) in [6.07, 6.45) is 0.293. The molecule has 0 N–H and O–H groups in total. The number of benzene rings is 2. The van der Waals surface area contributed by atoms with Crippen LogP contribution in [0.5, 0.6) is 11.5 Å². The van der Waals surface area contributed by atoms with Crippen molar-refractivity contribution >= 4 is 17.4 Å². The smallest absolute Gasteiger partial charge is 0.262 e. The van der Waals surface area contributed by atoms with Gasteiger partial charge in [0.1, 0.15) is 11.5 Å². The molecule has 0 atom stereocenters. The summed E-state index contributed by atoms with van der Waals surface area (Å²) in [4.78, 5) is 26.7. The summed E-state index contributed by atoms with van der Waals surface area (Å²) in [7, 11) is 3.08. The third-order valence-electron chi connectivity index (χ3n) is 3.94. The van der Waals surface area contributed by atoms with E-state index in [9.17, 15) is 9.59 Å². The van der Waals surface area contributed by atoms with E-state index in [1.165, 1.54) is 7.11 Å². The van der Waals surface area contributed by atoms with E-state index in [0.29, 0.717) is 41.3 Å². The van der Waals surface area contributed by atoms with E-state index in [1.54, 1.807) is 48.4 Å². The highest BCUT2D eigenvalue weighted by molar-refractivity contribution is 6.14. The van der Waals surface area contributed by atoms with Crippen molar-refractivity contribution in [3.63, 3.8) is 0 Å². The van der Waals surface area contributed by atoms with Gasteiger partial charge in [0.25, 0.3) is 5.91 Å². The third kappa shape index (κ3) is 2.65. The van der Waals surface area contributed by atoms with Gasteiger partial charge in [0, 0.05) is 18.5 Å². The van der Waals surface area contributed by atoms with Gasteiger partial charge < -0.3 is 14.4 Å². The van der Waals surface area contributed by atoms with Crippen LogP contribution in [-0.2, 0) is 0 Å². The summed E-state index contributed by atoms with van der Waals surface area (Å²) in [6, 6.07) is 12.3. The van der Waals surface area contributed by atoms with E-state index >= 15 is 0 Å². The van der Waals surface area contributed by atoms with Gasteiger partial charge in [-0.05, 0) is 30.3 Å². The lowest BCUT2D eigenvalue weighted by Crippen LogP contribution is -2.37. The van der Waals surface area contributed by atoms with Gasteiger partial charge in [-0.3, -0.25) is 9.59 Å². The zero-order valence-electron chi connectivity index (χ0n) is 13.0. The minimum atomic E-state index is -0.179. The molecule has 1 amide bonds. The average molecular weight is 311 g/mol. The van der Waals surface area contributed by atoms with Gasteiger partial charge >= 0.3 is 0 Å². The van der Waals surface area contributed by atoms with Gasteiger partial charge in [0.2, 0.25) is 0 Å². The number of amides is 1. The Morgan fingerprint density at radius 3 is 2.61 bits per heavy atom. The highest BCUT2D eigenvalue weighted by atomic mass is 16.5. The average Bonchev–Trinajstić information content (AvgIpc) is 2.61. The van der Waals surface area contributed by atoms with Crippen LogP contribution in [0.15, 0.2) is 42.5 Å². The van der Waals surface area contributed by atoms with Crippen LogP contribution >= 0.6 is 0 Å². The molecule has 0 unspecified atom stereocenters. The number of hydrogen-bond acceptors (Lipinski definition) is 4. The maximum Gasteiger partial charge on any atom is 0.262 e. The second kappa shape index (κ2) is 6.12. The van der Waals surface area contributed by atoms with Crippen LogP contribution in [0.1, 0.15) is 27.1 Å². The first-order chi connectivity index (χ1) is 11.2. The molecule has 1 aliphatic rings. The topological polar surface area (TPSA) is 55.8 Å². The molecule has 5 nitrogen and oxygen atoms in total. The summed E-state index contributed by atoms with van der Waals surface area (Å²) in [5.74, 6) is 0.956. The summed E-state index contributed by atoms with van der Waals surface area (Å²) >= 11 is 0. The molecule has 3 rings (SSSR count). The molecular weight excluding hydrogens is 294 g/mol. The molecule has 0 spiro atoms. The molecular formula is C18H17NO4. The van der Waals surface area contributed by atoms with Crippen molar-refractivity contribution in [2.24, 2.45) is 0 Å². The molecule has 23 heavy (non-hydrogen) atoms. The number of nitrogens with zero attached hydrogens (tertiary/aromatic N) is 1. The maximum absolute atomic E-state index is 12.9. The number of ether oxygens (including phenoxy) is 2. The molecule has 1 aliphatic heterocycles. The Balaban J connectivity index is 2.03. The molecule has 0 saturated heterocycles. The van der Waals surface area contributed by atoms with Gasteiger partial charge in [-0.1, -0.05) is 12.1 Å². The Morgan fingerprint density at radius 2 is 1.87 bits per heavy atom. The lowest BCUT2D eigenvalue weighted by Gasteiger charge is -2.29. The number of carbonyl (C=O) groups is 2. The van der Waals surface area contributed by atoms with Crippen molar-refractivity contribution in [3.05, 3.63) is 53.6 Å². The summed E-state index contributed by atoms with van der Waals surface area (Å²) in [5.41, 5.74) is 1.60. The highest BCUT2D eigenvalue weighted by Gasteiger charge is 2.29. The lowest BCUT2D eigenvalue weighted by molar-refractivity contribution is 0.0953. The number of ketones is 1. The van der Waals surface area contributed by atoms with E-state index in [2.05, 4.69) is 0 Å². The Kier molecular flexibility index (Phi) is 4.02. The molecule has 0 saturated carbocycles. The molecule has 0 radical (unpaired) electrons. The molecule has 0 aliphatic carbocycles. The predicted molar refractivity (Wildman–Crippen MR) is 86.6 cm³/mol. The number of methoxy groups -OCH3 is 2. The minimum absolute atomic E-state index is 0.0166. The number of carbonyl (C=O) groups excluding carboxylic acids is 2. The van der Waals surface area contributed by atoms with E-state index in [0.717, 1.165) is 0 Å². The zero-order chi connectivity index (χ0) is 16.4. The third-order valence-corrected chi connectivity index (χ3v) is 3.94. The number of anilines is 1. The molecule has 2 aromatic carbocycles. The van der Waals surface area contributed by atoms with Crippen LogP contribution < -0.4 is 14.4 Å². The van der Waals surface area contributed by atoms with Crippen LogP contribution in [0.25, 0.3) is 0 Å². The number of hydrogen-bond donors (Lipinski definition) is 0. The lowest BCUT2D eigenvalue weighted by atomic mass is 9.99. The van der Waals surface area contributed by atoms with Crippen molar-refractivity contribution in [2.45, 2.75) is 6.42 Å². The second-order valence-corrected chi connectivity index (χ2v) is 5.21. The van der Waals surface area contributed by atoms with Gasteiger partial charge in [-0.25, -0.2) is 0 Å². The fraction of sp³-hybridized carbons (Fsp3) is 0.222. The molecule has 118 valence electrons. The van der Waals surface area contributed by atoms with Crippen molar-refractivity contribution in [1.82, 2.24) is 0 Å². The van der Waals surface area contributed by atoms with Crippen molar-refractivity contribution in [2.75, 3.05) is 25.7 Å². The first-order valence-electron chi connectivity index (χ1n) is 7.32. The Labute approximate surface area is 134 Å². The van der Waals surface area contributed by atoms with Gasteiger partial charge in [0.15, 0.2) is 5.78 Å². The normalized spacial score (nSPS) is 13.5. The number of para-hydroxylation sites is 1. The number of Topliss-reactive ketones (excluding diaryl/α,β-unsaturated/α-hetero) is 1. The summed E-state index contributed by atoms with van der Waals surface area (Å²) in [5, 5.41) is 0. The van der Waals surface area contributed by atoms with Crippen molar-refractivity contribution < 1.29 is 19.1 Å². The maximum atomic E-state index is 12.9. The quantitative estimate of drug-likeness (QED) is 0.874.